The first-order valence-electron chi connectivity index (χ1n) is 8.74. The van der Waals surface area contributed by atoms with Crippen molar-refractivity contribution < 1.29 is 13.7 Å². The number of benzene rings is 2. The Hall–Kier alpha value is -2.73. The van der Waals surface area contributed by atoms with Crippen molar-refractivity contribution in [1.29, 1.82) is 0 Å². The number of rotatable bonds is 3. The van der Waals surface area contributed by atoms with Crippen LogP contribution in [-0.4, -0.2) is 34.0 Å². The molecule has 0 saturated carbocycles. The number of aromatic nitrogens is 2. The molecule has 7 heteroatoms. The van der Waals surface area contributed by atoms with Gasteiger partial charge in [-0.15, -0.1) is 0 Å². The van der Waals surface area contributed by atoms with Crippen molar-refractivity contribution in [2.24, 2.45) is 0 Å². The number of likely N-dealkylation sites (tertiary alicyclic amines) is 1. The summed E-state index contributed by atoms with van der Waals surface area (Å²) in [7, 11) is 0. The molecule has 0 spiro atoms. The zero-order valence-electron chi connectivity index (χ0n) is 14.4. The van der Waals surface area contributed by atoms with Gasteiger partial charge in [-0.3, -0.25) is 4.79 Å². The van der Waals surface area contributed by atoms with Crippen LogP contribution in [0.25, 0.3) is 11.4 Å². The predicted molar refractivity (Wildman–Crippen MR) is 99.0 cm³/mol. The van der Waals surface area contributed by atoms with Crippen LogP contribution in [0, 0.1) is 5.82 Å². The van der Waals surface area contributed by atoms with E-state index in [1.807, 2.05) is 0 Å². The van der Waals surface area contributed by atoms with E-state index in [0.717, 1.165) is 12.8 Å². The zero-order valence-corrected chi connectivity index (χ0v) is 15.2. The van der Waals surface area contributed by atoms with Crippen molar-refractivity contribution in [3.8, 4) is 11.4 Å². The first kappa shape index (κ1) is 17.7. The molecule has 0 unspecified atom stereocenters. The Morgan fingerprint density at radius 1 is 1.15 bits per heavy atom. The Kier molecular flexibility index (Phi) is 4.90. The van der Waals surface area contributed by atoms with Gasteiger partial charge in [-0.2, -0.15) is 4.98 Å². The maximum Gasteiger partial charge on any atom is 0.253 e. The molecule has 1 aliphatic rings. The number of carbonyl (C=O) groups is 1. The molecule has 5 nitrogen and oxygen atoms in total. The fourth-order valence-electron chi connectivity index (χ4n) is 3.26. The predicted octanol–water partition coefficient (Wildman–Crippen LogP) is 4.55. The lowest BCUT2D eigenvalue weighted by Gasteiger charge is -2.31. The molecule has 2 heterocycles. The molecule has 0 bridgehead atoms. The second kappa shape index (κ2) is 7.48. The van der Waals surface area contributed by atoms with Gasteiger partial charge in [0.1, 0.15) is 5.82 Å². The molecule has 2 aromatic carbocycles. The normalized spacial score (nSPS) is 17.1. The molecule has 27 heavy (non-hydrogen) atoms. The molecular formula is C20H17ClFN3O2. The highest BCUT2D eigenvalue weighted by atomic mass is 35.5. The van der Waals surface area contributed by atoms with Crippen LogP contribution in [0.2, 0.25) is 5.02 Å². The molecule has 1 fully saturated rings. The third-order valence-electron chi connectivity index (χ3n) is 4.69. The summed E-state index contributed by atoms with van der Waals surface area (Å²) in [4.78, 5) is 19.0. The second-order valence-corrected chi connectivity index (χ2v) is 7.00. The van der Waals surface area contributed by atoms with Gasteiger partial charge in [-0.05, 0) is 61.4 Å². The van der Waals surface area contributed by atoms with E-state index in [1.54, 1.807) is 41.3 Å². The van der Waals surface area contributed by atoms with Crippen LogP contribution in [0.3, 0.4) is 0 Å². The molecule has 4 rings (SSSR count). The van der Waals surface area contributed by atoms with Crippen LogP contribution in [0.1, 0.15) is 35.0 Å². The quantitative estimate of drug-likeness (QED) is 0.663. The molecule has 3 aromatic rings. The summed E-state index contributed by atoms with van der Waals surface area (Å²) in [6.45, 7) is 1.21. The Morgan fingerprint density at radius 3 is 2.63 bits per heavy atom. The molecule has 1 aliphatic heterocycles. The highest BCUT2D eigenvalue weighted by Gasteiger charge is 2.29. The highest BCUT2D eigenvalue weighted by molar-refractivity contribution is 6.30. The van der Waals surface area contributed by atoms with Crippen LogP contribution in [0.5, 0.6) is 0 Å². The van der Waals surface area contributed by atoms with Gasteiger partial charge in [0, 0.05) is 29.2 Å². The summed E-state index contributed by atoms with van der Waals surface area (Å²) < 4.78 is 18.5. The molecule has 0 aliphatic carbocycles. The summed E-state index contributed by atoms with van der Waals surface area (Å²) in [5.74, 6) is 0.562. The Bertz CT molecular complexity index is 941. The molecule has 0 radical (unpaired) electrons. The van der Waals surface area contributed by atoms with Gasteiger partial charge in [-0.1, -0.05) is 16.8 Å². The maximum atomic E-state index is 13.1. The van der Waals surface area contributed by atoms with Crippen LogP contribution < -0.4 is 0 Å². The minimum Gasteiger partial charge on any atom is -0.339 e. The van der Waals surface area contributed by atoms with Gasteiger partial charge >= 0.3 is 0 Å². The number of halogens is 2. The van der Waals surface area contributed by atoms with E-state index < -0.39 is 0 Å². The number of hydrogen-bond donors (Lipinski definition) is 0. The number of piperidine rings is 1. The molecule has 138 valence electrons. The fraction of sp³-hybridized carbons (Fsp3) is 0.250. The lowest BCUT2D eigenvalue weighted by molar-refractivity contribution is 0.0695. The Morgan fingerprint density at radius 2 is 1.89 bits per heavy atom. The fourth-order valence-corrected chi connectivity index (χ4v) is 3.38. The number of hydrogen-bond acceptors (Lipinski definition) is 4. The molecule has 1 saturated heterocycles. The maximum absolute atomic E-state index is 13.1. The van der Waals surface area contributed by atoms with E-state index in [2.05, 4.69) is 10.1 Å². The van der Waals surface area contributed by atoms with E-state index in [1.165, 1.54) is 12.1 Å². The lowest BCUT2D eigenvalue weighted by atomic mass is 9.97. The molecule has 1 atom stereocenters. The minimum absolute atomic E-state index is 0.0169. The van der Waals surface area contributed by atoms with E-state index >= 15 is 0 Å². The smallest absolute Gasteiger partial charge is 0.253 e. The molecule has 1 aromatic heterocycles. The van der Waals surface area contributed by atoms with Gasteiger partial charge in [0.15, 0.2) is 0 Å². The Balaban J connectivity index is 1.49. The van der Waals surface area contributed by atoms with E-state index in [-0.39, 0.29) is 17.6 Å². The summed E-state index contributed by atoms with van der Waals surface area (Å²) in [6, 6.07) is 12.8. The molecular weight excluding hydrogens is 369 g/mol. The van der Waals surface area contributed by atoms with Crippen LogP contribution in [-0.2, 0) is 0 Å². The highest BCUT2D eigenvalue weighted by Crippen LogP contribution is 2.28. The van der Waals surface area contributed by atoms with Gasteiger partial charge in [0.05, 0.1) is 5.92 Å². The third-order valence-corrected chi connectivity index (χ3v) is 4.95. The second-order valence-electron chi connectivity index (χ2n) is 6.56. The Labute approximate surface area is 160 Å². The largest absolute Gasteiger partial charge is 0.339 e. The van der Waals surface area contributed by atoms with Crippen molar-refractivity contribution >= 4 is 17.5 Å². The van der Waals surface area contributed by atoms with E-state index in [9.17, 15) is 9.18 Å². The first-order valence-corrected chi connectivity index (χ1v) is 9.12. The van der Waals surface area contributed by atoms with Crippen LogP contribution in [0.4, 0.5) is 4.39 Å². The molecule has 0 N–H and O–H groups in total. The summed E-state index contributed by atoms with van der Waals surface area (Å²) in [6.07, 6.45) is 1.73. The minimum atomic E-state index is -0.314. The van der Waals surface area contributed by atoms with Crippen LogP contribution >= 0.6 is 11.6 Å². The van der Waals surface area contributed by atoms with Crippen LogP contribution in [0.15, 0.2) is 53.1 Å². The van der Waals surface area contributed by atoms with Gasteiger partial charge in [0.2, 0.25) is 11.7 Å². The van der Waals surface area contributed by atoms with Gasteiger partial charge < -0.3 is 9.42 Å². The van der Waals surface area contributed by atoms with Crippen molar-refractivity contribution in [2.75, 3.05) is 13.1 Å². The average molecular weight is 386 g/mol. The standard InChI is InChI=1S/C20H17ClFN3O2/c21-16-7-3-14(4-8-16)20(26)25-11-1-2-15(12-25)19-23-18(24-27-19)13-5-9-17(22)10-6-13/h3-10,15H,1-2,11-12H2/t15-/m1/s1. The van der Waals surface area contributed by atoms with Crippen molar-refractivity contribution in [3.63, 3.8) is 0 Å². The third kappa shape index (κ3) is 3.85. The average Bonchev–Trinajstić information content (AvgIpc) is 3.19. The SMILES string of the molecule is O=C(c1ccc(Cl)cc1)N1CCC[C@@H](c2nc(-c3ccc(F)cc3)no2)C1. The van der Waals surface area contributed by atoms with Gasteiger partial charge in [-0.25, -0.2) is 4.39 Å². The number of carbonyl (C=O) groups excluding carboxylic acids is 1. The summed E-state index contributed by atoms with van der Waals surface area (Å²) >= 11 is 5.89. The summed E-state index contributed by atoms with van der Waals surface area (Å²) in [5.41, 5.74) is 1.30. The summed E-state index contributed by atoms with van der Waals surface area (Å²) in [5, 5.41) is 4.60. The van der Waals surface area contributed by atoms with Crippen molar-refractivity contribution in [3.05, 3.63) is 70.8 Å². The van der Waals surface area contributed by atoms with Crippen molar-refractivity contribution in [2.45, 2.75) is 18.8 Å². The number of amides is 1. The first-order chi connectivity index (χ1) is 13.1. The topological polar surface area (TPSA) is 59.2 Å². The zero-order chi connectivity index (χ0) is 18.8. The van der Waals surface area contributed by atoms with Gasteiger partial charge in [0.25, 0.3) is 5.91 Å². The number of nitrogens with zero attached hydrogens (tertiary/aromatic N) is 3. The monoisotopic (exact) mass is 385 g/mol. The van der Waals surface area contributed by atoms with Crippen molar-refractivity contribution in [1.82, 2.24) is 15.0 Å². The molecule has 1 amide bonds. The lowest BCUT2D eigenvalue weighted by Crippen LogP contribution is -2.39. The van der Waals surface area contributed by atoms with E-state index in [4.69, 9.17) is 16.1 Å². The van der Waals surface area contributed by atoms with E-state index in [0.29, 0.717) is 41.0 Å².